The number of nitrogens with one attached hydrogen (secondary N) is 2. The van der Waals surface area contributed by atoms with E-state index in [2.05, 4.69) is 20.3 Å². The number of nitrogens with zero attached hydrogens (tertiary/aromatic N) is 3. The van der Waals surface area contributed by atoms with Gasteiger partial charge in [-0.2, -0.15) is 4.98 Å². The van der Waals surface area contributed by atoms with Crippen molar-refractivity contribution in [3.05, 3.63) is 63.7 Å². The molecule has 0 atom stereocenters. The first-order valence-corrected chi connectivity index (χ1v) is 7.28. The Morgan fingerprint density at radius 1 is 1.30 bits per heavy atom. The maximum Gasteiger partial charge on any atom is 0.345 e. The fourth-order valence-corrected chi connectivity index (χ4v) is 2.50. The minimum atomic E-state index is -0.395. The summed E-state index contributed by atoms with van der Waals surface area (Å²) in [5, 5.41) is 2.84. The van der Waals surface area contributed by atoms with Crippen LogP contribution in [-0.2, 0) is 17.8 Å². The average molecular weight is 311 g/mol. The Kier molecular flexibility index (Phi) is 3.92. The summed E-state index contributed by atoms with van der Waals surface area (Å²) in [7, 11) is 0. The van der Waals surface area contributed by atoms with Crippen LogP contribution in [-0.4, -0.2) is 25.3 Å². The first kappa shape index (κ1) is 15.0. The molecule has 0 aliphatic rings. The molecular weight excluding hydrogens is 294 g/mol. The monoisotopic (exact) mass is 311 g/mol. The van der Waals surface area contributed by atoms with Gasteiger partial charge in [0.25, 0.3) is 0 Å². The van der Waals surface area contributed by atoms with Crippen molar-refractivity contribution in [3.8, 4) is 0 Å². The van der Waals surface area contributed by atoms with Crippen LogP contribution in [0.1, 0.15) is 22.6 Å². The lowest BCUT2D eigenvalue weighted by molar-refractivity contribution is -0.120. The Morgan fingerprint density at radius 3 is 2.87 bits per heavy atom. The summed E-state index contributed by atoms with van der Waals surface area (Å²) in [4.78, 5) is 34.3. The highest BCUT2D eigenvalue weighted by molar-refractivity contribution is 5.79. The predicted octanol–water partition coefficient (Wildman–Crippen LogP) is 0.893. The van der Waals surface area contributed by atoms with Crippen molar-refractivity contribution in [2.45, 2.75) is 26.8 Å². The van der Waals surface area contributed by atoms with Gasteiger partial charge in [0.1, 0.15) is 5.65 Å². The molecule has 0 aliphatic carbocycles. The molecule has 1 amide bonds. The van der Waals surface area contributed by atoms with E-state index in [9.17, 15) is 9.59 Å². The Balaban J connectivity index is 1.67. The SMILES string of the molecule is Cc1nc(=O)[nH]c(C)c1CC(=O)NCc1cn2ccccc2n1. The number of rotatable bonds is 4. The van der Waals surface area contributed by atoms with Gasteiger partial charge in [0.2, 0.25) is 5.91 Å². The zero-order valence-corrected chi connectivity index (χ0v) is 13.0. The number of carbonyl (C=O) groups excluding carboxylic acids is 1. The fourth-order valence-electron chi connectivity index (χ4n) is 2.50. The van der Waals surface area contributed by atoms with E-state index >= 15 is 0 Å². The molecule has 0 saturated heterocycles. The van der Waals surface area contributed by atoms with Gasteiger partial charge in [0.05, 0.1) is 18.7 Å². The quantitative estimate of drug-likeness (QED) is 0.748. The number of fused-ring (bicyclic) bond motifs is 1. The van der Waals surface area contributed by atoms with Crippen molar-refractivity contribution >= 4 is 11.6 Å². The standard InChI is InChI=1S/C16H17N5O2/c1-10-13(11(2)19-16(23)18-10)7-15(22)17-8-12-9-21-6-4-3-5-14(21)20-12/h3-6,9H,7-8H2,1-2H3,(H,17,22)(H,18,19,23). The molecular formula is C16H17N5O2. The van der Waals surface area contributed by atoms with E-state index in [4.69, 9.17) is 0 Å². The third-order valence-electron chi connectivity index (χ3n) is 3.67. The maximum absolute atomic E-state index is 12.1. The highest BCUT2D eigenvalue weighted by Gasteiger charge is 2.11. The van der Waals surface area contributed by atoms with Crippen molar-refractivity contribution in [1.29, 1.82) is 0 Å². The Bertz CT molecular complexity index is 866. The average Bonchev–Trinajstić information content (AvgIpc) is 2.91. The third kappa shape index (κ3) is 3.28. The molecule has 0 aromatic carbocycles. The molecule has 3 rings (SSSR count). The van der Waals surface area contributed by atoms with Gasteiger partial charge >= 0.3 is 5.69 Å². The first-order valence-electron chi connectivity index (χ1n) is 7.28. The van der Waals surface area contributed by atoms with Gasteiger partial charge in [0.15, 0.2) is 0 Å². The van der Waals surface area contributed by atoms with Gasteiger partial charge in [-0.15, -0.1) is 0 Å². The second kappa shape index (κ2) is 6.04. The molecule has 0 radical (unpaired) electrons. The molecule has 7 nitrogen and oxygen atoms in total. The fraction of sp³-hybridized carbons (Fsp3) is 0.250. The smallest absolute Gasteiger partial charge is 0.345 e. The predicted molar refractivity (Wildman–Crippen MR) is 85.1 cm³/mol. The van der Waals surface area contributed by atoms with Crippen LogP contribution in [0.25, 0.3) is 5.65 Å². The normalized spacial score (nSPS) is 10.9. The number of H-pyrrole nitrogens is 1. The number of imidazole rings is 1. The minimum absolute atomic E-state index is 0.137. The lowest BCUT2D eigenvalue weighted by atomic mass is 10.1. The van der Waals surface area contributed by atoms with E-state index in [1.165, 1.54) is 0 Å². The van der Waals surface area contributed by atoms with Crippen LogP contribution < -0.4 is 11.0 Å². The van der Waals surface area contributed by atoms with E-state index in [1.54, 1.807) is 13.8 Å². The van der Waals surface area contributed by atoms with Gasteiger partial charge in [0, 0.05) is 29.3 Å². The summed E-state index contributed by atoms with van der Waals surface area (Å²) >= 11 is 0. The minimum Gasteiger partial charge on any atom is -0.350 e. The van der Waals surface area contributed by atoms with Crippen molar-refractivity contribution in [2.75, 3.05) is 0 Å². The van der Waals surface area contributed by atoms with Crippen molar-refractivity contribution < 1.29 is 4.79 Å². The van der Waals surface area contributed by atoms with Crippen LogP contribution in [0, 0.1) is 13.8 Å². The van der Waals surface area contributed by atoms with Crippen LogP contribution >= 0.6 is 0 Å². The molecule has 0 aliphatic heterocycles. The summed E-state index contributed by atoms with van der Waals surface area (Å²) in [6.07, 6.45) is 3.97. The number of aromatic nitrogens is 4. The van der Waals surface area contributed by atoms with Gasteiger partial charge in [-0.25, -0.2) is 9.78 Å². The molecule has 3 aromatic heterocycles. The molecule has 3 aromatic rings. The van der Waals surface area contributed by atoms with Crippen molar-refractivity contribution in [3.63, 3.8) is 0 Å². The summed E-state index contributed by atoms with van der Waals surface area (Å²) in [5.74, 6) is -0.137. The zero-order valence-electron chi connectivity index (χ0n) is 13.0. The number of pyridine rings is 1. The summed E-state index contributed by atoms with van der Waals surface area (Å²) in [5.41, 5.74) is 3.23. The largest absolute Gasteiger partial charge is 0.350 e. The molecule has 23 heavy (non-hydrogen) atoms. The van der Waals surface area contributed by atoms with Crippen LogP contribution in [0.2, 0.25) is 0 Å². The molecule has 3 heterocycles. The summed E-state index contributed by atoms with van der Waals surface area (Å²) in [6, 6.07) is 5.75. The summed E-state index contributed by atoms with van der Waals surface area (Å²) < 4.78 is 1.90. The number of carbonyl (C=O) groups is 1. The molecule has 0 bridgehead atoms. The van der Waals surface area contributed by atoms with Crippen molar-refractivity contribution in [2.24, 2.45) is 0 Å². The lowest BCUT2D eigenvalue weighted by Gasteiger charge is -2.08. The van der Waals surface area contributed by atoms with Crippen LogP contribution in [0.3, 0.4) is 0 Å². The van der Waals surface area contributed by atoms with E-state index < -0.39 is 5.69 Å². The first-order chi connectivity index (χ1) is 11.0. The van der Waals surface area contributed by atoms with Gasteiger partial charge in [-0.05, 0) is 26.0 Å². The number of amides is 1. The Morgan fingerprint density at radius 2 is 2.13 bits per heavy atom. The molecule has 2 N–H and O–H groups in total. The zero-order chi connectivity index (χ0) is 16.4. The number of aryl methyl sites for hydroxylation is 2. The molecule has 0 unspecified atom stereocenters. The second-order valence-electron chi connectivity index (χ2n) is 5.38. The second-order valence-corrected chi connectivity index (χ2v) is 5.38. The Labute approximate surface area is 132 Å². The Hall–Kier alpha value is -2.96. The van der Waals surface area contributed by atoms with Gasteiger partial charge in [-0.1, -0.05) is 6.07 Å². The van der Waals surface area contributed by atoms with Crippen molar-refractivity contribution in [1.82, 2.24) is 24.7 Å². The van der Waals surface area contributed by atoms with E-state index in [-0.39, 0.29) is 12.3 Å². The maximum atomic E-state index is 12.1. The van der Waals surface area contributed by atoms with Gasteiger partial charge < -0.3 is 14.7 Å². The molecule has 118 valence electrons. The number of hydrogen-bond donors (Lipinski definition) is 2. The van der Waals surface area contributed by atoms with E-state index in [1.807, 2.05) is 35.0 Å². The highest BCUT2D eigenvalue weighted by atomic mass is 16.1. The van der Waals surface area contributed by atoms with Crippen LogP contribution in [0.4, 0.5) is 0 Å². The molecule has 0 fully saturated rings. The summed E-state index contributed by atoms with van der Waals surface area (Å²) in [6.45, 7) is 3.85. The third-order valence-corrected chi connectivity index (χ3v) is 3.67. The number of hydrogen-bond acceptors (Lipinski definition) is 4. The lowest BCUT2D eigenvalue weighted by Crippen LogP contribution is -2.27. The van der Waals surface area contributed by atoms with E-state index in [0.717, 1.165) is 16.9 Å². The van der Waals surface area contributed by atoms with E-state index in [0.29, 0.717) is 17.9 Å². The number of aromatic amines is 1. The van der Waals surface area contributed by atoms with Crippen LogP contribution in [0.15, 0.2) is 35.4 Å². The highest BCUT2D eigenvalue weighted by Crippen LogP contribution is 2.08. The molecule has 0 spiro atoms. The molecule has 7 heteroatoms. The topological polar surface area (TPSA) is 92.1 Å². The van der Waals surface area contributed by atoms with Gasteiger partial charge in [-0.3, -0.25) is 4.79 Å². The molecule has 0 saturated carbocycles. The van der Waals surface area contributed by atoms with Crippen LogP contribution in [0.5, 0.6) is 0 Å².